The van der Waals surface area contributed by atoms with Gasteiger partial charge in [-0.1, -0.05) is 12.8 Å². The molecule has 1 aliphatic heterocycles. The van der Waals surface area contributed by atoms with Gasteiger partial charge in [0.25, 0.3) is 5.91 Å². The molecule has 2 aromatic rings. The Labute approximate surface area is 172 Å². The fourth-order valence-corrected chi connectivity index (χ4v) is 4.93. The second kappa shape index (κ2) is 8.59. The molecule has 3 rings (SSSR count). The van der Waals surface area contributed by atoms with E-state index in [0.29, 0.717) is 12.1 Å². The zero-order chi connectivity index (χ0) is 21.2. The number of ether oxygens (including phenoxy) is 1. The summed E-state index contributed by atoms with van der Waals surface area (Å²) in [5, 5.41) is 0. The monoisotopic (exact) mass is 419 g/mol. The van der Waals surface area contributed by atoms with Gasteiger partial charge >= 0.3 is 0 Å². The molecule has 1 saturated heterocycles. The minimum absolute atomic E-state index is 0.00101. The van der Waals surface area contributed by atoms with Gasteiger partial charge in [-0.15, -0.1) is 0 Å². The number of amides is 1. The number of sulfonamides is 1. The Morgan fingerprint density at radius 2 is 1.93 bits per heavy atom. The highest BCUT2D eigenvalue weighted by molar-refractivity contribution is 7.89. The average Bonchev–Trinajstić information content (AvgIpc) is 2.98. The molecule has 8 heteroatoms. The van der Waals surface area contributed by atoms with Crippen molar-refractivity contribution in [1.82, 2.24) is 13.8 Å². The van der Waals surface area contributed by atoms with Crippen LogP contribution in [-0.4, -0.2) is 55.8 Å². The summed E-state index contributed by atoms with van der Waals surface area (Å²) in [6.07, 6.45) is 5.95. The first-order chi connectivity index (χ1) is 13.8. The second-order valence-electron chi connectivity index (χ2n) is 7.56. The summed E-state index contributed by atoms with van der Waals surface area (Å²) in [7, 11) is 2.59. The lowest BCUT2D eigenvalue weighted by Crippen LogP contribution is -2.35. The number of benzene rings is 1. The number of aromatic nitrogens is 1. The highest BCUT2D eigenvalue weighted by Crippen LogP contribution is 2.33. The molecule has 0 aliphatic carbocycles. The van der Waals surface area contributed by atoms with Crippen molar-refractivity contribution in [2.24, 2.45) is 7.05 Å². The molecule has 0 N–H and O–H groups in total. The average molecular weight is 420 g/mol. The lowest BCUT2D eigenvalue weighted by molar-refractivity contribution is 0.0674. The maximum Gasteiger partial charge on any atom is 0.254 e. The third-order valence-corrected chi connectivity index (χ3v) is 7.34. The number of hydrogen-bond donors (Lipinski definition) is 0. The molecule has 1 fully saturated rings. The zero-order valence-corrected chi connectivity index (χ0v) is 18.3. The minimum Gasteiger partial charge on any atom is -0.495 e. The fourth-order valence-electron chi connectivity index (χ4n) is 3.85. The first-order valence-corrected chi connectivity index (χ1v) is 11.2. The van der Waals surface area contributed by atoms with Gasteiger partial charge in [-0.25, -0.2) is 12.7 Å². The van der Waals surface area contributed by atoms with Gasteiger partial charge in [0.15, 0.2) is 0 Å². The third-order valence-electron chi connectivity index (χ3n) is 5.51. The number of nitrogens with zero attached hydrogens (tertiary/aromatic N) is 3. The molecule has 158 valence electrons. The van der Waals surface area contributed by atoms with Crippen molar-refractivity contribution < 1.29 is 17.9 Å². The highest BCUT2D eigenvalue weighted by atomic mass is 32.2. The van der Waals surface area contributed by atoms with E-state index in [-0.39, 0.29) is 22.6 Å². The first-order valence-electron chi connectivity index (χ1n) is 9.80. The molecule has 7 nitrogen and oxygen atoms in total. The molecule has 2 heterocycles. The van der Waals surface area contributed by atoms with Crippen LogP contribution in [0.15, 0.2) is 41.4 Å². The standard InChI is InChI=1S/C21H29N3O4S/c1-22(2)29(26,27)20-15-16(11-12-19(20)28-4)21(25)24-14-7-5-6-9-18(24)17-10-8-13-23(17)3/h8,10-13,15,18H,5-7,9,14H2,1-4H3. The van der Waals surface area contributed by atoms with E-state index < -0.39 is 10.0 Å². The van der Waals surface area contributed by atoms with Crippen LogP contribution >= 0.6 is 0 Å². The van der Waals surface area contributed by atoms with Gasteiger partial charge in [-0.3, -0.25) is 4.79 Å². The van der Waals surface area contributed by atoms with Crippen LogP contribution in [0.25, 0.3) is 0 Å². The van der Waals surface area contributed by atoms with E-state index in [9.17, 15) is 13.2 Å². The summed E-state index contributed by atoms with van der Waals surface area (Å²) in [6.45, 7) is 0.649. The van der Waals surface area contributed by atoms with E-state index in [0.717, 1.165) is 35.7 Å². The Bertz CT molecular complexity index is 982. The van der Waals surface area contributed by atoms with Gasteiger partial charge in [-0.2, -0.15) is 0 Å². The maximum absolute atomic E-state index is 13.5. The molecule has 0 radical (unpaired) electrons. The van der Waals surface area contributed by atoms with Crippen molar-refractivity contribution in [3.63, 3.8) is 0 Å². The molecule has 1 aromatic heterocycles. The highest BCUT2D eigenvalue weighted by Gasteiger charge is 2.31. The Morgan fingerprint density at radius 1 is 1.17 bits per heavy atom. The Morgan fingerprint density at radius 3 is 2.55 bits per heavy atom. The van der Waals surface area contributed by atoms with Crippen LogP contribution in [0.4, 0.5) is 0 Å². The molecule has 0 saturated carbocycles. The van der Waals surface area contributed by atoms with Crippen LogP contribution in [0, 0.1) is 0 Å². The number of carbonyl (C=O) groups excluding carboxylic acids is 1. The van der Waals surface area contributed by atoms with E-state index >= 15 is 0 Å². The summed E-state index contributed by atoms with van der Waals surface area (Å²) in [4.78, 5) is 15.4. The third kappa shape index (κ3) is 4.18. The predicted molar refractivity (Wildman–Crippen MR) is 112 cm³/mol. The molecule has 1 aromatic carbocycles. The van der Waals surface area contributed by atoms with Gasteiger partial charge in [-0.05, 0) is 43.2 Å². The molecule has 0 spiro atoms. The Kier molecular flexibility index (Phi) is 6.33. The van der Waals surface area contributed by atoms with Crippen LogP contribution in [0.3, 0.4) is 0 Å². The van der Waals surface area contributed by atoms with Crippen LogP contribution in [0.2, 0.25) is 0 Å². The molecule has 1 unspecified atom stereocenters. The van der Waals surface area contributed by atoms with E-state index in [2.05, 4.69) is 0 Å². The Hall–Kier alpha value is -2.32. The number of rotatable bonds is 5. The van der Waals surface area contributed by atoms with Crippen molar-refractivity contribution in [3.05, 3.63) is 47.8 Å². The van der Waals surface area contributed by atoms with E-state index in [1.807, 2.05) is 34.8 Å². The van der Waals surface area contributed by atoms with Gasteiger partial charge < -0.3 is 14.2 Å². The summed E-state index contributed by atoms with van der Waals surface area (Å²) < 4.78 is 33.9. The molecular formula is C21H29N3O4S. The van der Waals surface area contributed by atoms with E-state index in [1.54, 1.807) is 12.1 Å². The predicted octanol–water partition coefficient (Wildman–Crippen LogP) is 3.04. The molecular weight excluding hydrogens is 390 g/mol. The minimum atomic E-state index is -3.74. The SMILES string of the molecule is COc1ccc(C(=O)N2CCCCCC2c2cccn2C)cc1S(=O)(=O)N(C)C. The van der Waals surface area contributed by atoms with Gasteiger partial charge in [0.2, 0.25) is 10.0 Å². The quantitative estimate of drug-likeness (QED) is 0.747. The van der Waals surface area contributed by atoms with E-state index in [1.165, 1.54) is 27.3 Å². The van der Waals surface area contributed by atoms with E-state index in [4.69, 9.17) is 4.74 Å². The molecule has 1 aliphatic rings. The fraction of sp³-hybridized carbons (Fsp3) is 0.476. The smallest absolute Gasteiger partial charge is 0.254 e. The van der Waals surface area contributed by atoms with Crippen molar-refractivity contribution in [1.29, 1.82) is 0 Å². The van der Waals surface area contributed by atoms with Gasteiger partial charge in [0.05, 0.1) is 13.2 Å². The van der Waals surface area contributed by atoms with Crippen LogP contribution in [0.1, 0.15) is 47.8 Å². The molecule has 1 amide bonds. The van der Waals surface area contributed by atoms with Crippen LogP contribution < -0.4 is 4.74 Å². The van der Waals surface area contributed by atoms with Gasteiger partial charge in [0.1, 0.15) is 10.6 Å². The number of methoxy groups -OCH3 is 1. The summed E-state index contributed by atoms with van der Waals surface area (Å²) >= 11 is 0. The summed E-state index contributed by atoms with van der Waals surface area (Å²) in [5.74, 6) is 0.0704. The van der Waals surface area contributed by atoms with Crippen molar-refractivity contribution in [2.45, 2.75) is 36.6 Å². The van der Waals surface area contributed by atoms with Crippen molar-refractivity contribution >= 4 is 15.9 Å². The molecule has 29 heavy (non-hydrogen) atoms. The number of likely N-dealkylation sites (tertiary alicyclic amines) is 1. The zero-order valence-electron chi connectivity index (χ0n) is 17.5. The van der Waals surface area contributed by atoms with Crippen LogP contribution in [0.5, 0.6) is 5.75 Å². The maximum atomic E-state index is 13.5. The Balaban J connectivity index is 2.03. The normalized spacial score (nSPS) is 18.0. The largest absolute Gasteiger partial charge is 0.495 e. The van der Waals surface area contributed by atoms with Crippen LogP contribution in [-0.2, 0) is 17.1 Å². The summed E-state index contributed by atoms with van der Waals surface area (Å²) in [6, 6.07) is 8.64. The first kappa shape index (κ1) is 21.4. The topological polar surface area (TPSA) is 71.8 Å². The number of aryl methyl sites for hydroxylation is 1. The van der Waals surface area contributed by atoms with Gasteiger partial charge in [0, 0.05) is 45.1 Å². The molecule has 0 bridgehead atoms. The lowest BCUT2D eigenvalue weighted by atomic mass is 10.1. The van der Waals surface area contributed by atoms with Crippen molar-refractivity contribution in [3.8, 4) is 5.75 Å². The lowest BCUT2D eigenvalue weighted by Gasteiger charge is -2.31. The van der Waals surface area contributed by atoms with Crippen molar-refractivity contribution in [2.75, 3.05) is 27.7 Å². The summed E-state index contributed by atoms with van der Waals surface area (Å²) in [5.41, 5.74) is 1.45. The number of hydrogen-bond acceptors (Lipinski definition) is 4. The molecule has 1 atom stereocenters. The second-order valence-corrected chi connectivity index (χ2v) is 9.68. The number of carbonyl (C=O) groups is 1.